The van der Waals surface area contributed by atoms with Crippen molar-refractivity contribution in [3.05, 3.63) is 68.5 Å². The highest BCUT2D eigenvalue weighted by Gasteiger charge is 2.35. The first-order valence-corrected chi connectivity index (χ1v) is 10.4. The van der Waals surface area contributed by atoms with Crippen molar-refractivity contribution in [2.24, 2.45) is 0 Å². The zero-order chi connectivity index (χ0) is 20.3. The standard InChI is InChI=1S/C21H19Cl2NO3S/c1-3-13(2)27-16-7-4-14(5-8-16)11-19-20(25)24(21(26)28-19)12-15-6-9-17(22)18(23)10-15/h4-11,13H,3,12H2,1-2H3/b19-11-. The van der Waals surface area contributed by atoms with E-state index in [-0.39, 0.29) is 23.8 Å². The van der Waals surface area contributed by atoms with Crippen molar-refractivity contribution in [2.45, 2.75) is 32.9 Å². The molecule has 1 aliphatic rings. The van der Waals surface area contributed by atoms with Crippen molar-refractivity contribution >= 4 is 52.2 Å². The lowest BCUT2D eigenvalue weighted by Crippen LogP contribution is -2.27. The minimum atomic E-state index is -0.319. The molecule has 28 heavy (non-hydrogen) atoms. The monoisotopic (exact) mass is 435 g/mol. The van der Waals surface area contributed by atoms with Crippen LogP contribution >= 0.6 is 35.0 Å². The minimum absolute atomic E-state index is 0.142. The van der Waals surface area contributed by atoms with Gasteiger partial charge in [0.25, 0.3) is 11.1 Å². The fraction of sp³-hybridized carbons (Fsp3) is 0.238. The molecule has 0 saturated carbocycles. The van der Waals surface area contributed by atoms with Crippen LogP contribution in [0.2, 0.25) is 10.0 Å². The number of nitrogens with zero attached hydrogens (tertiary/aromatic N) is 1. The van der Waals surface area contributed by atoms with Gasteiger partial charge in [0.2, 0.25) is 0 Å². The highest BCUT2D eigenvalue weighted by atomic mass is 35.5. The van der Waals surface area contributed by atoms with Gasteiger partial charge in [0.05, 0.1) is 27.6 Å². The molecule has 0 bridgehead atoms. The number of hydrogen-bond donors (Lipinski definition) is 0. The van der Waals surface area contributed by atoms with Crippen LogP contribution in [0.15, 0.2) is 47.4 Å². The quantitative estimate of drug-likeness (QED) is 0.491. The van der Waals surface area contributed by atoms with Crippen molar-refractivity contribution in [3.63, 3.8) is 0 Å². The van der Waals surface area contributed by atoms with Gasteiger partial charge in [0.1, 0.15) is 5.75 Å². The van der Waals surface area contributed by atoms with Gasteiger partial charge in [-0.2, -0.15) is 0 Å². The Morgan fingerprint density at radius 1 is 1.11 bits per heavy atom. The van der Waals surface area contributed by atoms with Gasteiger partial charge in [0.15, 0.2) is 0 Å². The second-order valence-electron chi connectivity index (χ2n) is 6.42. The van der Waals surface area contributed by atoms with Crippen molar-refractivity contribution in [2.75, 3.05) is 0 Å². The van der Waals surface area contributed by atoms with Crippen LogP contribution in [0, 0.1) is 0 Å². The van der Waals surface area contributed by atoms with Gasteiger partial charge >= 0.3 is 0 Å². The lowest BCUT2D eigenvalue weighted by atomic mass is 10.2. The van der Waals surface area contributed by atoms with Gasteiger partial charge in [-0.3, -0.25) is 14.5 Å². The first-order chi connectivity index (χ1) is 13.4. The van der Waals surface area contributed by atoms with E-state index in [4.69, 9.17) is 27.9 Å². The van der Waals surface area contributed by atoms with Crippen LogP contribution in [-0.2, 0) is 11.3 Å². The van der Waals surface area contributed by atoms with E-state index in [1.165, 1.54) is 4.90 Å². The Bertz CT molecular complexity index is 928. The molecule has 1 atom stereocenters. The van der Waals surface area contributed by atoms with E-state index in [0.717, 1.165) is 35.1 Å². The maximum Gasteiger partial charge on any atom is 0.293 e. The fourth-order valence-electron chi connectivity index (χ4n) is 2.57. The second kappa shape index (κ2) is 9.03. The maximum absolute atomic E-state index is 12.7. The summed E-state index contributed by atoms with van der Waals surface area (Å²) in [5, 5.41) is 0.514. The van der Waals surface area contributed by atoms with E-state index in [2.05, 4.69) is 6.92 Å². The van der Waals surface area contributed by atoms with Crippen LogP contribution in [0.1, 0.15) is 31.4 Å². The zero-order valence-electron chi connectivity index (χ0n) is 15.4. The fourth-order valence-corrected chi connectivity index (χ4v) is 3.73. The summed E-state index contributed by atoms with van der Waals surface area (Å²) in [4.78, 5) is 26.6. The molecule has 0 radical (unpaired) electrons. The summed E-state index contributed by atoms with van der Waals surface area (Å²) < 4.78 is 5.75. The molecule has 4 nitrogen and oxygen atoms in total. The average Bonchev–Trinajstić information content (AvgIpc) is 2.93. The number of halogens is 2. The molecule has 2 amide bonds. The molecular formula is C21H19Cl2NO3S. The summed E-state index contributed by atoms with van der Waals surface area (Å²) in [6.07, 6.45) is 2.78. The SMILES string of the molecule is CCC(C)Oc1ccc(/C=C2\SC(=O)N(Cc3ccc(Cl)c(Cl)c3)C2=O)cc1. The highest BCUT2D eigenvalue weighted by molar-refractivity contribution is 8.18. The van der Waals surface area contributed by atoms with Crippen LogP contribution in [0.25, 0.3) is 6.08 Å². The number of ether oxygens (including phenoxy) is 1. The lowest BCUT2D eigenvalue weighted by Gasteiger charge is -2.13. The molecule has 1 aliphatic heterocycles. The molecule has 3 rings (SSSR count). The summed E-state index contributed by atoms with van der Waals surface area (Å²) in [5.74, 6) is 0.459. The Labute approximate surface area is 178 Å². The Balaban J connectivity index is 1.72. The Hall–Kier alpha value is -1.95. The van der Waals surface area contributed by atoms with E-state index < -0.39 is 0 Å². The molecule has 1 heterocycles. The maximum atomic E-state index is 12.7. The molecule has 7 heteroatoms. The van der Waals surface area contributed by atoms with Gasteiger partial charge in [-0.1, -0.05) is 48.3 Å². The van der Waals surface area contributed by atoms with Gasteiger partial charge in [0, 0.05) is 0 Å². The number of thioether (sulfide) groups is 1. The van der Waals surface area contributed by atoms with Gasteiger partial charge in [-0.05, 0) is 66.6 Å². The number of amides is 2. The van der Waals surface area contributed by atoms with Gasteiger partial charge in [-0.15, -0.1) is 0 Å². The number of carbonyl (C=O) groups excluding carboxylic acids is 2. The predicted molar refractivity (Wildman–Crippen MR) is 115 cm³/mol. The highest BCUT2D eigenvalue weighted by Crippen LogP contribution is 2.34. The number of hydrogen-bond acceptors (Lipinski definition) is 4. The Kier molecular flexibility index (Phi) is 6.70. The van der Waals surface area contributed by atoms with Crippen LogP contribution in [0.4, 0.5) is 4.79 Å². The molecule has 2 aromatic rings. The number of imide groups is 1. The third kappa shape index (κ3) is 4.90. The molecule has 1 unspecified atom stereocenters. The van der Waals surface area contributed by atoms with Crippen molar-refractivity contribution in [1.29, 1.82) is 0 Å². The smallest absolute Gasteiger partial charge is 0.293 e. The third-order valence-corrected chi connectivity index (χ3v) is 5.93. The van der Waals surface area contributed by atoms with Crippen LogP contribution in [0.3, 0.4) is 0 Å². The van der Waals surface area contributed by atoms with Crippen molar-refractivity contribution in [3.8, 4) is 5.75 Å². The van der Waals surface area contributed by atoms with Crippen molar-refractivity contribution < 1.29 is 14.3 Å². The Morgan fingerprint density at radius 2 is 1.82 bits per heavy atom. The van der Waals surface area contributed by atoms with E-state index in [1.54, 1.807) is 24.3 Å². The van der Waals surface area contributed by atoms with E-state index in [1.807, 2.05) is 31.2 Å². The van der Waals surface area contributed by atoms with E-state index >= 15 is 0 Å². The van der Waals surface area contributed by atoms with E-state index in [0.29, 0.717) is 15.0 Å². The van der Waals surface area contributed by atoms with Crippen molar-refractivity contribution in [1.82, 2.24) is 4.90 Å². The molecule has 1 fully saturated rings. The number of carbonyl (C=O) groups is 2. The van der Waals surface area contributed by atoms with E-state index in [9.17, 15) is 9.59 Å². The normalized spacial score (nSPS) is 16.7. The average molecular weight is 436 g/mol. The van der Waals surface area contributed by atoms with Crippen LogP contribution < -0.4 is 4.74 Å². The molecule has 146 valence electrons. The summed E-state index contributed by atoms with van der Waals surface area (Å²) in [6.45, 7) is 4.23. The summed E-state index contributed by atoms with van der Waals surface area (Å²) in [6, 6.07) is 12.5. The van der Waals surface area contributed by atoms with Crippen LogP contribution in [0.5, 0.6) is 5.75 Å². The molecule has 0 N–H and O–H groups in total. The first kappa shape index (κ1) is 20.8. The van der Waals surface area contributed by atoms with Crippen LogP contribution in [-0.4, -0.2) is 22.2 Å². The molecule has 0 aliphatic carbocycles. The summed E-state index contributed by atoms with van der Waals surface area (Å²) in [5.41, 5.74) is 1.57. The predicted octanol–water partition coefficient (Wildman–Crippen LogP) is 6.41. The molecule has 0 aromatic heterocycles. The summed E-state index contributed by atoms with van der Waals surface area (Å²) >= 11 is 12.9. The minimum Gasteiger partial charge on any atom is -0.491 e. The largest absolute Gasteiger partial charge is 0.491 e. The molecule has 1 saturated heterocycles. The first-order valence-electron chi connectivity index (χ1n) is 8.83. The lowest BCUT2D eigenvalue weighted by molar-refractivity contribution is -0.123. The summed E-state index contributed by atoms with van der Waals surface area (Å²) in [7, 11) is 0. The topological polar surface area (TPSA) is 46.6 Å². The Morgan fingerprint density at radius 3 is 2.46 bits per heavy atom. The molecular weight excluding hydrogens is 417 g/mol. The zero-order valence-corrected chi connectivity index (χ0v) is 17.8. The molecule has 2 aromatic carbocycles. The van der Waals surface area contributed by atoms with Gasteiger partial charge < -0.3 is 4.74 Å². The number of rotatable bonds is 6. The second-order valence-corrected chi connectivity index (χ2v) is 8.23. The molecule has 0 spiro atoms. The third-order valence-electron chi connectivity index (χ3n) is 4.29. The van der Waals surface area contributed by atoms with Gasteiger partial charge in [-0.25, -0.2) is 0 Å². The number of benzene rings is 2.